The quantitative estimate of drug-likeness (QED) is 0.654. The van der Waals surface area contributed by atoms with Gasteiger partial charge in [-0.3, -0.25) is 9.78 Å². The molecule has 0 radical (unpaired) electrons. The number of benzene rings is 1. The molecule has 19 heavy (non-hydrogen) atoms. The van der Waals surface area contributed by atoms with Crippen molar-refractivity contribution in [1.29, 1.82) is 0 Å². The number of pyridine rings is 1. The molecule has 2 aromatic rings. The SMILES string of the molecule is NC=O.Nc1ccc(Oc2ccncc2Cl)c(F)c1. The number of nitrogens with two attached hydrogens (primary N) is 2. The molecule has 0 unspecified atom stereocenters. The second-order valence-electron chi connectivity index (χ2n) is 3.23. The lowest BCUT2D eigenvalue weighted by atomic mass is 10.3. The van der Waals surface area contributed by atoms with Crippen molar-refractivity contribution in [2.75, 3.05) is 5.73 Å². The van der Waals surface area contributed by atoms with E-state index in [2.05, 4.69) is 10.7 Å². The Morgan fingerprint density at radius 2 is 2.00 bits per heavy atom. The second-order valence-corrected chi connectivity index (χ2v) is 3.64. The van der Waals surface area contributed by atoms with Gasteiger partial charge in [0.2, 0.25) is 6.41 Å². The van der Waals surface area contributed by atoms with Crippen LogP contribution in [-0.2, 0) is 4.79 Å². The van der Waals surface area contributed by atoms with Crippen LogP contribution >= 0.6 is 11.6 Å². The number of aromatic nitrogens is 1. The van der Waals surface area contributed by atoms with Crippen LogP contribution in [0.2, 0.25) is 5.02 Å². The lowest BCUT2D eigenvalue weighted by Crippen LogP contribution is -1.92. The van der Waals surface area contributed by atoms with Gasteiger partial charge < -0.3 is 16.2 Å². The van der Waals surface area contributed by atoms with Crippen LogP contribution in [0.3, 0.4) is 0 Å². The minimum absolute atomic E-state index is 0.0716. The standard InChI is InChI=1S/C11H8ClFN2O.CH3NO/c12-8-6-15-4-3-10(8)16-11-2-1-7(14)5-9(11)13;2-1-3/h1-6H,14H2;1H,(H2,2,3). The van der Waals surface area contributed by atoms with E-state index >= 15 is 0 Å². The maximum absolute atomic E-state index is 13.4. The number of ether oxygens (including phenoxy) is 1. The van der Waals surface area contributed by atoms with Gasteiger partial charge in [-0.2, -0.15) is 0 Å². The van der Waals surface area contributed by atoms with Gasteiger partial charge in [0.15, 0.2) is 11.6 Å². The number of amides is 1. The fourth-order valence-corrected chi connectivity index (χ4v) is 1.32. The van der Waals surface area contributed by atoms with E-state index in [1.54, 1.807) is 12.1 Å². The number of hydrogen-bond acceptors (Lipinski definition) is 4. The number of hydrogen-bond donors (Lipinski definition) is 2. The Morgan fingerprint density at radius 3 is 2.58 bits per heavy atom. The normalized spacial score (nSPS) is 9.16. The van der Waals surface area contributed by atoms with Gasteiger partial charge in [-0.05, 0) is 12.1 Å². The van der Waals surface area contributed by atoms with Crippen LogP contribution in [0.1, 0.15) is 0 Å². The fourth-order valence-electron chi connectivity index (χ4n) is 1.16. The van der Waals surface area contributed by atoms with E-state index in [4.69, 9.17) is 26.9 Å². The number of halogens is 2. The number of nitrogens with zero attached hydrogens (tertiary/aromatic N) is 1. The zero-order chi connectivity index (χ0) is 14.3. The van der Waals surface area contributed by atoms with Crippen LogP contribution in [-0.4, -0.2) is 11.4 Å². The molecular weight excluding hydrogens is 273 g/mol. The number of rotatable bonds is 2. The molecule has 0 atom stereocenters. The van der Waals surface area contributed by atoms with Crippen molar-refractivity contribution in [3.63, 3.8) is 0 Å². The van der Waals surface area contributed by atoms with Gasteiger partial charge in [-0.1, -0.05) is 11.6 Å². The highest BCUT2D eigenvalue weighted by Gasteiger charge is 2.07. The third-order valence-corrected chi connectivity index (χ3v) is 2.19. The Kier molecular flexibility index (Phi) is 5.56. The molecule has 0 fully saturated rings. The van der Waals surface area contributed by atoms with Crippen molar-refractivity contribution in [3.05, 3.63) is 47.5 Å². The predicted octanol–water partition coefficient (Wildman–Crippen LogP) is 2.35. The van der Waals surface area contributed by atoms with Crippen LogP contribution in [0, 0.1) is 5.82 Å². The monoisotopic (exact) mass is 283 g/mol. The van der Waals surface area contributed by atoms with E-state index in [-0.39, 0.29) is 12.2 Å². The van der Waals surface area contributed by atoms with Crippen LogP contribution in [0.25, 0.3) is 0 Å². The highest BCUT2D eigenvalue weighted by molar-refractivity contribution is 6.31. The molecule has 1 heterocycles. The summed E-state index contributed by atoms with van der Waals surface area (Å²) in [5, 5.41) is 0.318. The molecule has 1 aromatic carbocycles. The average molecular weight is 284 g/mol. The summed E-state index contributed by atoms with van der Waals surface area (Å²) in [7, 11) is 0. The van der Waals surface area contributed by atoms with Gasteiger partial charge in [-0.25, -0.2) is 4.39 Å². The molecule has 2 rings (SSSR count). The first-order valence-electron chi connectivity index (χ1n) is 5.06. The lowest BCUT2D eigenvalue weighted by Gasteiger charge is -2.07. The number of primary amides is 1. The van der Waals surface area contributed by atoms with E-state index in [0.29, 0.717) is 16.5 Å². The number of nitrogen functional groups attached to an aromatic ring is 1. The summed E-state index contributed by atoms with van der Waals surface area (Å²) in [6, 6.07) is 5.73. The van der Waals surface area contributed by atoms with Gasteiger partial charge in [0.1, 0.15) is 10.8 Å². The van der Waals surface area contributed by atoms with E-state index in [9.17, 15) is 4.39 Å². The first-order valence-corrected chi connectivity index (χ1v) is 5.44. The molecule has 0 aliphatic rings. The van der Waals surface area contributed by atoms with Gasteiger partial charge in [-0.15, -0.1) is 0 Å². The molecule has 0 aliphatic carbocycles. The highest BCUT2D eigenvalue weighted by atomic mass is 35.5. The molecular formula is C12H11ClFN3O2. The summed E-state index contributed by atoms with van der Waals surface area (Å²) in [6.07, 6.45) is 3.18. The van der Waals surface area contributed by atoms with E-state index in [1.807, 2.05) is 0 Å². The lowest BCUT2D eigenvalue weighted by molar-refractivity contribution is -0.106. The minimum atomic E-state index is -0.534. The number of carbonyl (C=O) groups is 1. The van der Waals surface area contributed by atoms with Crippen LogP contribution < -0.4 is 16.2 Å². The van der Waals surface area contributed by atoms with E-state index < -0.39 is 5.82 Å². The maximum Gasteiger partial charge on any atom is 0.204 e. The Bertz CT molecular complexity index is 566. The van der Waals surface area contributed by atoms with Gasteiger partial charge >= 0.3 is 0 Å². The molecule has 4 N–H and O–H groups in total. The summed E-state index contributed by atoms with van der Waals surface area (Å²) in [5.74, 6) is -0.115. The third kappa shape index (κ3) is 4.44. The van der Waals surface area contributed by atoms with Gasteiger partial charge in [0.25, 0.3) is 0 Å². The summed E-state index contributed by atoms with van der Waals surface area (Å²) in [4.78, 5) is 12.4. The molecule has 1 amide bonds. The summed E-state index contributed by atoms with van der Waals surface area (Å²) >= 11 is 5.82. The minimum Gasteiger partial charge on any atom is -0.453 e. The molecule has 0 aliphatic heterocycles. The first kappa shape index (κ1) is 14.7. The number of anilines is 1. The Morgan fingerprint density at radius 1 is 1.32 bits per heavy atom. The summed E-state index contributed by atoms with van der Waals surface area (Å²) in [5.41, 5.74) is 9.92. The Balaban J connectivity index is 0.000000550. The molecule has 5 nitrogen and oxygen atoms in total. The Hall–Kier alpha value is -2.34. The molecule has 0 saturated carbocycles. The van der Waals surface area contributed by atoms with E-state index in [1.165, 1.54) is 24.5 Å². The molecule has 1 aromatic heterocycles. The summed E-state index contributed by atoms with van der Waals surface area (Å²) < 4.78 is 18.7. The predicted molar refractivity (Wildman–Crippen MR) is 70.4 cm³/mol. The van der Waals surface area contributed by atoms with E-state index in [0.717, 1.165) is 0 Å². The van der Waals surface area contributed by atoms with Crippen molar-refractivity contribution < 1.29 is 13.9 Å². The average Bonchev–Trinajstić information content (AvgIpc) is 2.36. The van der Waals surface area contributed by atoms with Crippen molar-refractivity contribution >= 4 is 23.7 Å². The van der Waals surface area contributed by atoms with Crippen LogP contribution in [0.4, 0.5) is 10.1 Å². The zero-order valence-corrected chi connectivity index (χ0v) is 10.5. The number of carbonyl (C=O) groups excluding carboxylic acids is 1. The topological polar surface area (TPSA) is 91.2 Å². The molecule has 100 valence electrons. The van der Waals surface area contributed by atoms with Crippen LogP contribution in [0.15, 0.2) is 36.7 Å². The zero-order valence-electron chi connectivity index (χ0n) is 9.72. The van der Waals surface area contributed by atoms with Gasteiger partial charge in [0.05, 0.1) is 0 Å². The largest absolute Gasteiger partial charge is 0.453 e. The molecule has 0 spiro atoms. The third-order valence-electron chi connectivity index (χ3n) is 1.91. The molecule has 0 bridgehead atoms. The molecule has 0 saturated heterocycles. The first-order chi connectivity index (χ1) is 9.08. The Labute approximate surface area is 114 Å². The summed E-state index contributed by atoms with van der Waals surface area (Å²) in [6.45, 7) is 0. The maximum atomic E-state index is 13.4. The van der Waals surface area contributed by atoms with Crippen molar-refractivity contribution in [2.45, 2.75) is 0 Å². The van der Waals surface area contributed by atoms with Crippen molar-refractivity contribution in [2.24, 2.45) is 5.73 Å². The molecule has 7 heteroatoms. The van der Waals surface area contributed by atoms with Gasteiger partial charge in [0, 0.05) is 30.2 Å². The van der Waals surface area contributed by atoms with Crippen molar-refractivity contribution in [1.82, 2.24) is 4.98 Å². The highest BCUT2D eigenvalue weighted by Crippen LogP contribution is 2.30. The van der Waals surface area contributed by atoms with Crippen molar-refractivity contribution in [3.8, 4) is 11.5 Å². The van der Waals surface area contributed by atoms with Crippen LogP contribution in [0.5, 0.6) is 11.5 Å². The fraction of sp³-hybridized carbons (Fsp3) is 0. The second kappa shape index (κ2) is 7.17. The smallest absolute Gasteiger partial charge is 0.204 e.